The van der Waals surface area contributed by atoms with Gasteiger partial charge in [-0.25, -0.2) is 0 Å². The van der Waals surface area contributed by atoms with Gasteiger partial charge in [-0.1, -0.05) is 12.8 Å². The molecule has 4 atom stereocenters. The van der Waals surface area contributed by atoms with Crippen molar-refractivity contribution in [2.75, 3.05) is 13.7 Å². The number of rotatable bonds is 3. The Bertz CT molecular complexity index is 754. The van der Waals surface area contributed by atoms with Gasteiger partial charge in [-0.05, 0) is 51.5 Å². The number of hydrogen-bond acceptors (Lipinski definition) is 3. The van der Waals surface area contributed by atoms with Crippen molar-refractivity contribution in [2.24, 2.45) is 16.3 Å². The Kier molecular flexibility index (Phi) is 6.17. The Hall–Kier alpha value is -0.830. The van der Waals surface area contributed by atoms with Crippen LogP contribution in [0.4, 0.5) is 0 Å². The van der Waals surface area contributed by atoms with Crippen LogP contribution < -0.4 is 10.6 Å². The molecule has 3 aliphatic carbocycles. The molecule has 4 unspecified atom stereocenters. The van der Waals surface area contributed by atoms with Crippen LogP contribution >= 0.6 is 24.0 Å². The molecule has 0 bridgehead atoms. The smallest absolute Gasteiger partial charge is 0.191 e. The number of halogens is 1. The van der Waals surface area contributed by atoms with Gasteiger partial charge >= 0.3 is 0 Å². The zero-order valence-corrected chi connectivity index (χ0v) is 20.3. The molecule has 1 aromatic heterocycles. The third-order valence-corrected chi connectivity index (χ3v) is 7.77. The summed E-state index contributed by atoms with van der Waals surface area (Å²) in [6, 6.07) is 1.35. The highest BCUT2D eigenvalue weighted by Gasteiger charge is 2.65. The lowest BCUT2D eigenvalue weighted by Crippen LogP contribution is -2.69. The van der Waals surface area contributed by atoms with E-state index in [4.69, 9.17) is 9.84 Å². The fourth-order valence-corrected chi connectivity index (χ4v) is 6.32. The maximum atomic E-state index is 6.13. The number of aromatic nitrogens is 2. The van der Waals surface area contributed by atoms with Gasteiger partial charge in [0, 0.05) is 55.7 Å². The summed E-state index contributed by atoms with van der Waals surface area (Å²) in [5.74, 6) is 1.63. The van der Waals surface area contributed by atoms with Crippen molar-refractivity contribution in [3.63, 3.8) is 0 Å². The summed E-state index contributed by atoms with van der Waals surface area (Å²) in [7, 11) is 1.90. The molecule has 6 nitrogen and oxygen atoms in total. The van der Waals surface area contributed by atoms with Gasteiger partial charge < -0.3 is 15.4 Å². The number of nitrogens with zero attached hydrogens (tertiary/aromatic N) is 3. The Labute approximate surface area is 191 Å². The quantitative estimate of drug-likeness (QED) is 0.369. The normalized spacial score (nSPS) is 32.5. The first-order valence-electron chi connectivity index (χ1n) is 11.3. The van der Waals surface area contributed by atoms with Crippen LogP contribution in [0.3, 0.4) is 0 Å². The minimum atomic E-state index is 0. The molecule has 4 aliphatic rings. The largest absolute Gasteiger partial charge is 0.377 e. The van der Waals surface area contributed by atoms with Crippen molar-refractivity contribution in [1.29, 1.82) is 0 Å². The minimum Gasteiger partial charge on any atom is -0.377 e. The van der Waals surface area contributed by atoms with Crippen LogP contribution in [0.15, 0.2) is 11.2 Å². The van der Waals surface area contributed by atoms with E-state index in [1.165, 1.54) is 43.4 Å². The highest BCUT2D eigenvalue weighted by molar-refractivity contribution is 14.0. The third kappa shape index (κ3) is 3.60. The van der Waals surface area contributed by atoms with Crippen molar-refractivity contribution >= 4 is 29.9 Å². The van der Waals surface area contributed by atoms with Crippen LogP contribution in [0.5, 0.6) is 0 Å². The Morgan fingerprint density at radius 1 is 1.28 bits per heavy atom. The van der Waals surface area contributed by atoms with Gasteiger partial charge in [0.25, 0.3) is 0 Å². The maximum absolute atomic E-state index is 6.13. The van der Waals surface area contributed by atoms with E-state index in [1.54, 1.807) is 0 Å². The lowest BCUT2D eigenvalue weighted by atomic mass is 9.54. The van der Waals surface area contributed by atoms with Crippen LogP contribution in [0.25, 0.3) is 0 Å². The van der Waals surface area contributed by atoms with Gasteiger partial charge in [0.1, 0.15) is 0 Å². The fourth-order valence-electron chi connectivity index (χ4n) is 6.32. The topological polar surface area (TPSA) is 63.5 Å². The monoisotopic (exact) mass is 513 g/mol. The molecule has 5 rings (SSSR count). The summed E-state index contributed by atoms with van der Waals surface area (Å²) in [5.41, 5.74) is 3.03. The molecule has 2 heterocycles. The number of guanidine groups is 1. The third-order valence-electron chi connectivity index (χ3n) is 7.77. The molecule has 2 saturated carbocycles. The molecule has 0 aromatic carbocycles. The van der Waals surface area contributed by atoms with Crippen molar-refractivity contribution in [1.82, 2.24) is 20.4 Å². The molecule has 1 aromatic rings. The van der Waals surface area contributed by atoms with Gasteiger partial charge in [-0.3, -0.25) is 9.67 Å². The number of nitrogens with one attached hydrogen (secondary N) is 2. The predicted molar refractivity (Wildman–Crippen MR) is 126 cm³/mol. The molecule has 162 valence electrons. The Morgan fingerprint density at radius 3 is 2.79 bits per heavy atom. The summed E-state index contributed by atoms with van der Waals surface area (Å²) in [4.78, 5) is 4.59. The lowest BCUT2D eigenvalue weighted by molar-refractivity contribution is -0.125. The molecule has 3 fully saturated rings. The predicted octanol–water partition coefficient (Wildman–Crippen LogP) is 3.45. The molecule has 1 spiro atoms. The zero-order valence-electron chi connectivity index (χ0n) is 18.0. The van der Waals surface area contributed by atoms with E-state index >= 15 is 0 Å². The van der Waals surface area contributed by atoms with Crippen LogP contribution in [0.1, 0.15) is 69.7 Å². The van der Waals surface area contributed by atoms with Gasteiger partial charge in [0.05, 0.1) is 11.8 Å². The first-order valence-corrected chi connectivity index (χ1v) is 11.3. The van der Waals surface area contributed by atoms with E-state index in [1.807, 2.05) is 7.05 Å². The van der Waals surface area contributed by atoms with Gasteiger partial charge in [0.15, 0.2) is 5.96 Å². The van der Waals surface area contributed by atoms with Gasteiger partial charge in [-0.15, -0.1) is 24.0 Å². The number of ether oxygens (including phenoxy) is 1. The fraction of sp³-hybridized carbons (Fsp3) is 0.818. The molecule has 1 saturated heterocycles. The summed E-state index contributed by atoms with van der Waals surface area (Å²) in [5, 5.41) is 12.4. The summed E-state index contributed by atoms with van der Waals surface area (Å²) in [6.07, 6.45) is 12.5. The number of aryl methyl sites for hydroxylation is 1. The average Bonchev–Trinajstić information content (AvgIpc) is 3.42. The molecular formula is C22H36IN5O. The van der Waals surface area contributed by atoms with Gasteiger partial charge in [0.2, 0.25) is 0 Å². The number of fused-ring (bicyclic) bond motifs is 3. The van der Waals surface area contributed by atoms with E-state index in [2.05, 4.69) is 40.4 Å². The zero-order chi connectivity index (χ0) is 19.3. The minimum absolute atomic E-state index is 0. The highest BCUT2D eigenvalue weighted by Crippen LogP contribution is 2.60. The van der Waals surface area contributed by atoms with E-state index in [0.29, 0.717) is 35.6 Å². The van der Waals surface area contributed by atoms with Gasteiger partial charge in [-0.2, -0.15) is 5.10 Å². The second-order valence-electron chi connectivity index (χ2n) is 9.64. The standard InChI is InChI=1S/C22H35N5O.HI/c1-14(2)27-13-15-6-7-16(12-18(15)26-27)24-21(23-3)25-19-17-8-11-28-20(17)22(19)9-4-5-10-22;/h13-14,16-17,19-20H,4-12H2,1-3H3,(H2,23,24,25);1H. The van der Waals surface area contributed by atoms with Crippen LogP contribution in [0.2, 0.25) is 0 Å². The molecule has 1 aliphatic heterocycles. The SMILES string of the molecule is CN=C(NC1CCc2cn(C(C)C)nc2C1)NC1C2CCOC2C12CCCC2.I. The van der Waals surface area contributed by atoms with Crippen molar-refractivity contribution in [2.45, 2.75) is 89.4 Å². The summed E-state index contributed by atoms with van der Waals surface area (Å²) < 4.78 is 8.24. The van der Waals surface area contributed by atoms with E-state index < -0.39 is 0 Å². The van der Waals surface area contributed by atoms with Crippen molar-refractivity contribution in [3.05, 3.63) is 17.5 Å². The maximum Gasteiger partial charge on any atom is 0.191 e. The summed E-state index contributed by atoms with van der Waals surface area (Å²) >= 11 is 0. The first-order chi connectivity index (χ1) is 13.6. The first kappa shape index (κ1) is 21.4. The van der Waals surface area contributed by atoms with Crippen molar-refractivity contribution in [3.8, 4) is 0 Å². The Morgan fingerprint density at radius 2 is 2.07 bits per heavy atom. The molecule has 0 amide bonds. The molecule has 29 heavy (non-hydrogen) atoms. The molecule has 7 heteroatoms. The Balaban J connectivity index is 0.00000205. The number of hydrogen-bond donors (Lipinski definition) is 2. The molecule has 0 radical (unpaired) electrons. The lowest BCUT2D eigenvalue weighted by Gasteiger charge is -2.57. The van der Waals surface area contributed by atoms with Crippen LogP contribution in [-0.2, 0) is 17.6 Å². The molecular weight excluding hydrogens is 477 g/mol. The van der Waals surface area contributed by atoms with E-state index in [-0.39, 0.29) is 24.0 Å². The summed E-state index contributed by atoms with van der Waals surface area (Å²) in [6.45, 7) is 5.32. The second kappa shape index (κ2) is 8.36. The molecule has 2 N–H and O–H groups in total. The van der Waals surface area contributed by atoms with Crippen LogP contribution in [0, 0.1) is 11.3 Å². The number of aliphatic imine (C=N–C) groups is 1. The van der Waals surface area contributed by atoms with E-state index in [0.717, 1.165) is 31.8 Å². The second-order valence-corrected chi connectivity index (χ2v) is 9.64. The average molecular weight is 513 g/mol. The van der Waals surface area contributed by atoms with Crippen molar-refractivity contribution < 1.29 is 4.74 Å². The van der Waals surface area contributed by atoms with E-state index in [9.17, 15) is 0 Å². The highest BCUT2D eigenvalue weighted by atomic mass is 127. The van der Waals surface area contributed by atoms with Crippen LogP contribution in [-0.4, -0.2) is 47.6 Å².